The minimum absolute atomic E-state index is 0.271. The normalized spacial score (nSPS) is 10.4. The van der Waals surface area contributed by atoms with E-state index in [9.17, 15) is 4.79 Å². The molecule has 0 saturated carbocycles. The number of carbonyl (C=O) groups is 1. The van der Waals surface area contributed by atoms with Gasteiger partial charge in [-0.2, -0.15) is 0 Å². The van der Waals surface area contributed by atoms with Crippen LogP contribution < -0.4 is 10.2 Å². The number of anilines is 3. The summed E-state index contributed by atoms with van der Waals surface area (Å²) in [6.07, 6.45) is 0. The topological polar surface area (TPSA) is 65.5 Å². The molecule has 0 spiro atoms. The minimum Gasteiger partial charge on any atom is -0.477 e. The highest BCUT2D eigenvalue weighted by molar-refractivity contribution is 7.17. The zero-order chi connectivity index (χ0) is 14.9. The largest absolute Gasteiger partial charge is 0.477 e. The van der Waals surface area contributed by atoms with Gasteiger partial charge in [-0.05, 0) is 31.5 Å². The summed E-state index contributed by atoms with van der Waals surface area (Å²) in [6.45, 7) is 3.75. The van der Waals surface area contributed by atoms with Gasteiger partial charge in [-0.25, -0.2) is 9.78 Å². The van der Waals surface area contributed by atoms with Crippen molar-refractivity contribution in [2.75, 3.05) is 24.3 Å². The first-order valence-corrected chi connectivity index (χ1v) is 6.96. The van der Waals surface area contributed by atoms with E-state index in [0.29, 0.717) is 10.8 Å². The fraction of sp³-hybridized carbons (Fsp3) is 0.286. The summed E-state index contributed by atoms with van der Waals surface area (Å²) in [5.74, 6) is -0.939. The Labute approximate surface area is 121 Å². The first kappa shape index (κ1) is 14.3. The number of aromatic nitrogens is 1. The minimum atomic E-state index is -0.939. The van der Waals surface area contributed by atoms with E-state index in [1.165, 1.54) is 5.56 Å². The first-order valence-electron chi connectivity index (χ1n) is 6.14. The van der Waals surface area contributed by atoms with Crippen molar-refractivity contribution in [1.29, 1.82) is 0 Å². The molecule has 106 valence electrons. The Kier molecular flexibility index (Phi) is 3.94. The third kappa shape index (κ3) is 2.91. The molecule has 1 aromatic heterocycles. The lowest BCUT2D eigenvalue weighted by Gasteiger charge is -2.17. The number of nitrogens with zero attached hydrogens (tertiary/aromatic N) is 2. The van der Waals surface area contributed by atoms with Crippen LogP contribution in [0.5, 0.6) is 0 Å². The summed E-state index contributed by atoms with van der Waals surface area (Å²) in [4.78, 5) is 17.6. The van der Waals surface area contributed by atoms with Crippen molar-refractivity contribution < 1.29 is 9.90 Å². The van der Waals surface area contributed by atoms with Crippen LogP contribution in [-0.2, 0) is 0 Å². The monoisotopic (exact) mass is 291 g/mol. The predicted molar refractivity (Wildman–Crippen MR) is 82.6 cm³/mol. The van der Waals surface area contributed by atoms with Crippen LogP contribution in [-0.4, -0.2) is 30.2 Å². The van der Waals surface area contributed by atoms with Crippen LogP contribution >= 0.6 is 11.3 Å². The molecule has 0 fully saturated rings. The summed E-state index contributed by atoms with van der Waals surface area (Å²) >= 11 is 1.15. The average molecular weight is 291 g/mol. The van der Waals surface area contributed by atoms with Gasteiger partial charge in [0.15, 0.2) is 5.13 Å². The third-order valence-corrected chi connectivity index (χ3v) is 3.99. The van der Waals surface area contributed by atoms with Crippen LogP contribution in [0.2, 0.25) is 0 Å². The van der Waals surface area contributed by atoms with Gasteiger partial charge in [0.05, 0.1) is 5.69 Å². The Bertz CT molecular complexity index is 650. The van der Waals surface area contributed by atoms with Gasteiger partial charge in [0, 0.05) is 25.5 Å². The predicted octanol–water partition coefficient (Wildman–Crippen LogP) is 3.27. The number of benzene rings is 1. The number of hydrogen-bond donors (Lipinski definition) is 2. The molecule has 5 nitrogen and oxygen atoms in total. The van der Waals surface area contributed by atoms with Gasteiger partial charge >= 0.3 is 5.97 Å². The summed E-state index contributed by atoms with van der Waals surface area (Å²) in [5.41, 5.74) is 3.72. The Morgan fingerprint density at radius 3 is 2.60 bits per heavy atom. The van der Waals surface area contributed by atoms with Crippen molar-refractivity contribution in [3.8, 4) is 0 Å². The highest BCUT2D eigenvalue weighted by atomic mass is 32.1. The maximum Gasteiger partial charge on any atom is 0.347 e. The molecule has 0 radical (unpaired) electrons. The van der Waals surface area contributed by atoms with Crippen LogP contribution in [0, 0.1) is 13.8 Å². The molecule has 0 unspecified atom stereocenters. The highest BCUT2D eigenvalue weighted by Crippen LogP contribution is 2.28. The zero-order valence-corrected chi connectivity index (χ0v) is 12.7. The van der Waals surface area contributed by atoms with E-state index in [1.807, 2.05) is 37.2 Å². The Balaban J connectivity index is 2.28. The molecule has 0 aliphatic heterocycles. The Morgan fingerprint density at radius 1 is 1.35 bits per heavy atom. The SMILES string of the molecule is Cc1ccc(Nc2nc(C)c(C(=O)O)s2)cc1N(C)C. The molecule has 0 amide bonds. The van der Waals surface area contributed by atoms with Crippen LogP contribution in [0.4, 0.5) is 16.5 Å². The van der Waals surface area contributed by atoms with Gasteiger partial charge < -0.3 is 15.3 Å². The molecule has 1 aromatic carbocycles. The smallest absolute Gasteiger partial charge is 0.347 e. The molecule has 0 atom stereocenters. The van der Waals surface area contributed by atoms with Crippen LogP contribution in [0.3, 0.4) is 0 Å². The second-order valence-corrected chi connectivity index (χ2v) is 5.76. The van der Waals surface area contributed by atoms with Gasteiger partial charge in [-0.3, -0.25) is 0 Å². The van der Waals surface area contributed by atoms with Crippen molar-refractivity contribution >= 4 is 33.8 Å². The van der Waals surface area contributed by atoms with Crippen molar-refractivity contribution in [2.24, 2.45) is 0 Å². The maximum atomic E-state index is 11.0. The average Bonchev–Trinajstić information content (AvgIpc) is 2.72. The molecule has 1 heterocycles. The molecule has 0 bridgehead atoms. The van der Waals surface area contributed by atoms with E-state index >= 15 is 0 Å². The van der Waals surface area contributed by atoms with E-state index in [-0.39, 0.29) is 4.88 Å². The fourth-order valence-electron chi connectivity index (χ4n) is 1.94. The number of thiazole rings is 1. The van der Waals surface area contributed by atoms with Crippen LogP contribution in [0.15, 0.2) is 18.2 Å². The second kappa shape index (κ2) is 5.50. The standard InChI is InChI=1S/C14H17N3O2S/c1-8-5-6-10(7-11(8)17(3)4)16-14-15-9(2)12(20-14)13(18)19/h5-7H,1-4H3,(H,15,16)(H,18,19). The first-order chi connectivity index (χ1) is 9.38. The van der Waals surface area contributed by atoms with Gasteiger partial charge in [0.25, 0.3) is 0 Å². The third-order valence-electron chi connectivity index (χ3n) is 2.93. The lowest BCUT2D eigenvalue weighted by molar-refractivity contribution is 0.0701. The number of carboxylic acids is 1. The molecular weight excluding hydrogens is 274 g/mol. The molecule has 0 aliphatic rings. The number of nitrogens with one attached hydrogen (secondary N) is 1. The summed E-state index contributed by atoms with van der Waals surface area (Å²) < 4.78 is 0. The molecule has 0 aliphatic carbocycles. The van der Waals surface area contributed by atoms with E-state index in [4.69, 9.17) is 5.11 Å². The number of carboxylic acid groups (broad SMARTS) is 1. The quantitative estimate of drug-likeness (QED) is 0.905. The lowest BCUT2D eigenvalue weighted by Crippen LogP contribution is -2.10. The van der Waals surface area contributed by atoms with E-state index in [2.05, 4.69) is 17.2 Å². The molecule has 0 saturated heterocycles. The van der Waals surface area contributed by atoms with E-state index in [0.717, 1.165) is 22.7 Å². The molecule has 2 rings (SSSR count). The molecule has 6 heteroatoms. The zero-order valence-electron chi connectivity index (χ0n) is 11.9. The molecule has 20 heavy (non-hydrogen) atoms. The number of hydrogen-bond acceptors (Lipinski definition) is 5. The summed E-state index contributed by atoms with van der Waals surface area (Å²) in [5, 5.41) is 12.8. The van der Waals surface area contributed by atoms with Gasteiger partial charge in [-0.1, -0.05) is 17.4 Å². The number of rotatable bonds is 4. The lowest BCUT2D eigenvalue weighted by atomic mass is 10.1. The van der Waals surface area contributed by atoms with Gasteiger partial charge in [0.1, 0.15) is 4.88 Å². The summed E-state index contributed by atoms with van der Waals surface area (Å²) in [6, 6.07) is 6.00. The molecule has 2 N–H and O–H groups in total. The van der Waals surface area contributed by atoms with Crippen LogP contribution in [0.25, 0.3) is 0 Å². The summed E-state index contributed by atoms with van der Waals surface area (Å²) in [7, 11) is 3.98. The fourth-order valence-corrected chi connectivity index (χ4v) is 2.77. The van der Waals surface area contributed by atoms with Crippen molar-refractivity contribution in [2.45, 2.75) is 13.8 Å². The van der Waals surface area contributed by atoms with Gasteiger partial charge in [0.2, 0.25) is 0 Å². The highest BCUT2D eigenvalue weighted by Gasteiger charge is 2.14. The molecular formula is C14H17N3O2S. The van der Waals surface area contributed by atoms with E-state index in [1.54, 1.807) is 6.92 Å². The maximum absolute atomic E-state index is 11.0. The van der Waals surface area contributed by atoms with Crippen LogP contribution in [0.1, 0.15) is 20.9 Å². The van der Waals surface area contributed by atoms with Crippen molar-refractivity contribution in [1.82, 2.24) is 4.98 Å². The second-order valence-electron chi connectivity index (χ2n) is 4.76. The van der Waals surface area contributed by atoms with Crippen molar-refractivity contribution in [3.05, 3.63) is 34.3 Å². The van der Waals surface area contributed by atoms with Gasteiger partial charge in [-0.15, -0.1) is 0 Å². The Morgan fingerprint density at radius 2 is 2.05 bits per heavy atom. The number of aromatic carboxylic acids is 1. The van der Waals surface area contributed by atoms with E-state index < -0.39 is 5.97 Å². The van der Waals surface area contributed by atoms with Crippen molar-refractivity contribution in [3.63, 3.8) is 0 Å². The Hall–Kier alpha value is -2.08. The number of aryl methyl sites for hydroxylation is 2. The molecule has 2 aromatic rings.